The lowest BCUT2D eigenvalue weighted by Gasteiger charge is -2.10. The highest BCUT2D eigenvalue weighted by atomic mass is 79.9. The summed E-state index contributed by atoms with van der Waals surface area (Å²) in [6, 6.07) is 5.75. The van der Waals surface area contributed by atoms with Gasteiger partial charge in [0.1, 0.15) is 6.61 Å². The molecule has 4 heteroatoms. The van der Waals surface area contributed by atoms with Crippen molar-refractivity contribution in [2.45, 2.75) is 31.1 Å². The van der Waals surface area contributed by atoms with Crippen molar-refractivity contribution in [1.82, 2.24) is 0 Å². The Morgan fingerprint density at radius 1 is 1.44 bits per heavy atom. The lowest BCUT2D eigenvalue weighted by molar-refractivity contribution is 0.0903. The minimum absolute atomic E-state index is 0.204. The first-order valence-corrected chi connectivity index (χ1v) is 8.29. The molecule has 2 nitrogen and oxygen atoms in total. The number of aryl methyl sites for hydroxylation is 1. The summed E-state index contributed by atoms with van der Waals surface area (Å²) in [5, 5.41) is 9.91. The molecular weight excluding hydrogens is 312 g/mol. The average molecular weight is 331 g/mol. The lowest BCUT2D eigenvalue weighted by Crippen LogP contribution is -2.05. The number of carbonyl (C=O) groups excluding carboxylic acids is 1. The molecule has 0 saturated heterocycles. The van der Waals surface area contributed by atoms with Crippen molar-refractivity contribution in [3.8, 4) is 0 Å². The monoisotopic (exact) mass is 330 g/mol. The molecule has 1 aromatic rings. The summed E-state index contributed by atoms with van der Waals surface area (Å²) in [6.45, 7) is 1.72. The lowest BCUT2D eigenvalue weighted by atomic mass is 10.0. The number of aliphatic hydroxyl groups is 1. The van der Waals surface area contributed by atoms with Crippen LogP contribution in [0, 0.1) is 0 Å². The molecule has 1 aromatic carbocycles. The Morgan fingerprint density at radius 3 is 2.83 bits per heavy atom. The topological polar surface area (TPSA) is 37.3 Å². The summed E-state index contributed by atoms with van der Waals surface area (Å²) in [5.41, 5.74) is 1.84. The first-order chi connectivity index (χ1) is 8.72. The fraction of sp³-hybridized carbons (Fsp3) is 0.500. The van der Waals surface area contributed by atoms with Crippen LogP contribution in [0.15, 0.2) is 23.1 Å². The number of ketones is 1. The normalized spacial score (nSPS) is 10.6. The summed E-state index contributed by atoms with van der Waals surface area (Å²) in [7, 11) is 0. The van der Waals surface area contributed by atoms with Crippen LogP contribution in [-0.2, 0) is 6.42 Å². The Morgan fingerprint density at radius 2 is 2.22 bits per heavy atom. The van der Waals surface area contributed by atoms with Crippen LogP contribution in [0.3, 0.4) is 0 Å². The molecule has 0 spiro atoms. The van der Waals surface area contributed by atoms with E-state index >= 15 is 0 Å². The van der Waals surface area contributed by atoms with E-state index in [4.69, 9.17) is 5.11 Å². The minimum Gasteiger partial charge on any atom is -0.388 e. The van der Waals surface area contributed by atoms with Gasteiger partial charge in [-0.1, -0.05) is 35.3 Å². The van der Waals surface area contributed by atoms with Crippen LogP contribution in [0.2, 0.25) is 0 Å². The third-order valence-electron chi connectivity index (χ3n) is 2.58. The molecule has 100 valence electrons. The maximum atomic E-state index is 11.5. The van der Waals surface area contributed by atoms with E-state index in [0.717, 1.165) is 30.3 Å². The first kappa shape index (κ1) is 15.7. The number of hydrogen-bond donors (Lipinski definition) is 1. The molecule has 0 fully saturated rings. The van der Waals surface area contributed by atoms with Gasteiger partial charge >= 0.3 is 0 Å². The Bertz CT molecular complexity index is 393. The van der Waals surface area contributed by atoms with Crippen LogP contribution >= 0.6 is 27.7 Å². The molecule has 0 saturated carbocycles. The van der Waals surface area contributed by atoms with E-state index in [1.54, 1.807) is 0 Å². The Hall–Kier alpha value is -0.320. The molecule has 0 aliphatic rings. The van der Waals surface area contributed by atoms with Gasteiger partial charge < -0.3 is 5.11 Å². The van der Waals surface area contributed by atoms with Crippen molar-refractivity contribution >= 4 is 33.5 Å². The number of Topliss-reactive ketones (excluding diaryl/α,β-unsaturated/α-hetero) is 1. The van der Waals surface area contributed by atoms with Crippen molar-refractivity contribution in [2.75, 3.05) is 17.7 Å². The van der Waals surface area contributed by atoms with E-state index in [0.29, 0.717) is 5.56 Å². The zero-order valence-corrected chi connectivity index (χ0v) is 13.0. The van der Waals surface area contributed by atoms with E-state index in [1.165, 1.54) is 10.5 Å². The van der Waals surface area contributed by atoms with Crippen molar-refractivity contribution in [3.63, 3.8) is 0 Å². The van der Waals surface area contributed by atoms with E-state index in [9.17, 15) is 4.79 Å². The SMILES string of the molecule is CCCc1cc(C(=O)CO)ccc1SCCCBr. The highest BCUT2D eigenvalue weighted by molar-refractivity contribution is 9.09. The predicted octanol–water partition coefficient (Wildman–Crippen LogP) is 3.69. The van der Waals surface area contributed by atoms with Gasteiger partial charge in [0.05, 0.1) is 0 Å². The second kappa shape index (κ2) is 8.73. The maximum Gasteiger partial charge on any atom is 0.188 e. The molecule has 0 aromatic heterocycles. The van der Waals surface area contributed by atoms with Crippen LogP contribution < -0.4 is 0 Å². The van der Waals surface area contributed by atoms with E-state index in [2.05, 4.69) is 22.9 Å². The fourth-order valence-corrected chi connectivity index (χ4v) is 3.36. The number of benzene rings is 1. The summed E-state index contributed by atoms with van der Waals surface area (Å²) in [6.07, 6.45) is 3.17. The van der Waals surface area contributed by atoms with E-state index in [-0.39, 0.29) is 5.78 Å². The quantitative estimate of drug-likeness (QED) is 0.342. The number of thioether (sulfide) groups is 1. The van der Waals surface area contributed by atoms with Crippen LogP contribution in [0.5, 0.6) is 0 Å². The average Bonchev–Trinajstić information content (AvgIpc) is 2.40. The van der Waals surface area contributed by atoms with Crippen LogP contribution in [0.4, 0.5) is 0 Å². The van der Waals surface area contributed by atoms with Gasteiger partial charge in [0.2, 0.25) is 0 Å². The molecule has 1 N–H and O–H groups in total. The minimum atomic E-state index is -0.415. The Balaban J connectivity index is 2.85. The van der Waals surface area contributed by atoms with Crippen molar-refractivity contribution in [3.05, 3.63) is 29.3 Å². The second-order valence-electron chi connectivity index (χ2n) is 4.04. The highest BCUT2D eigenvalue weighted by Crippen LogP contribution is 2.26. The van der Waals surface area contributed by atoms with Gasteiger partial charge in [-0.2, -0.15) is 0 Å². The molecule has 0 unspecified atom stereocenters. The van der Waals surface area contributed by atoms with Crippen LogP contribution in [-0.4, -0.2) is 28.6 Å². The molecule has 1 rings (SSSR count). The van der Waals surface area contributed by atoms with Gasteiger partial charge in [-0.15, -0.1) is 11.8 Å². The number of hydrogen-bond acceptors (Lipinski definition) is 3. The van der Waals surface area contributed by atoms with Gasteiger partial charge in [0.25, 0.3) is 0 Å². The van der Waals surface area contributed by atoms with Gasteiger partial charge in [-0.25, -0.2) is 0 Å². The number of aliphatic hydroxyl groups excluding tert-OH is 1. The zero-order valence-electron chi connectivity index (χ0n) is 10.6. The van der Waals surface area contributed by atoms with Crippen molar-refractivity contribution in [1.29, 1.82) is 0 Å². The predicted molar refractivity (Wildman–Crippen MR) is 81.0 cm³/mol. The number of halogens is 1. The molecular formula is C14H19BrO2S. The Kier molecular flexibility index (Phi) is 7.63. The van der Waals surface area contributed by atoms with Crippen LogP contribution in [0.1, 0.15) is 35.7 Å². The number of rotatable bonds is 8. The molecule has 0 bridgehead atoms. The van der Waals surface area contributed by atoms with Crippen LogP contribution in [0.25, 0.3) is 0 Å². The fourth-order valence-electron chi connectivity index (χ4n) is 1.69. The summed E-state index contributed by atoms with van der Waals surface area (Å²) < 4.78 is 0. The summed E-state index contributed by atoms with van der Waals surface area (Å²) >= 11 is 5.26. The zero-order chi connectivity index (χ0) is 13.4. The molecule has 0 aliphatic heterocycles. The Labute approximate surface area is 121 Å². The number of carbonyl (C=O) groups is 1. The molecule has 18 heavy (non-hydrogen) atoms. The van der Waals surface area contributed by atoms with Crippen molar-refractivity contribution < 1.29 is 9.90 Å². The van der Waals surface area contributed by atoms with Gasteiger partial charge in [0.15, 0.2) is 5.78 Å². The largest absolute Gasteiger partial charge is 0.388 e. The second-order valence-corrected chi connectivity index (χ2v) is 5.97. The standard InChI is InChI=1S/C14H19BrO2S/c1-2-4-12-9-11(13(17)10-16)5-6-14(12)18-8-3-7-15/h5-6,9,16H,2-4,7-8,10H2,1H3. The van der Waals surface area contributed by atoms with Gasteiger partial charge in [-0.05, 0) is 36.3 Å². The molecule has 0 atom stereocenters. The molecule has 0 radical (unpaired) electrons. The molecule has 0 heterocycles. The van der Waals surface area contributed by atoms with E-state index in [1.807, 2.05) is 30.0 Å². The van der Waals surface area contributed by atoms with Gasteiger partial charge in [-0.3, -0.25) is 4.79 Å². The smallest absolute Gasteiger partial charge is 0.188 e. The summed E-state index contributed by atoms with van der Waals surface area (Å²) in [4.78, 5) is 12.7. The van der Waals surface area contributed by atoms with Gasteiger partial charge in [0, 0.05) is 15.8 Å². The third-order valence-corrected chi connectivity index (χ3v) is 4.34. The summed E-state index contributed by atoms with van der Waals surface area (Å²) in [5.74, 6) is 0.874. The maximum absolute atomic E-state index is 11.5. The third kappa shape index (κ3) is 4.75. The molecule has 0 amide bonds. The highest BCUT2D eigenvalue weighted by Gasteiger charge is 2.08. The number of alkyl halides is 1. The van der Waals surface area contributed by atoms with Crippen molar-refractivity contribution in [2.24, 2.45) is 0 Å². The van der Waals surface area contributed by atoms with E-state index < -0.39 is 6.61 Å². The first-order valence-electron chi connectivity index (χ1n) is 6.18. The molecule has 0 aliphatic carbocycles.